The molecule has 1 heterocycles. The molecule has 1 amide bonds. The predicted molar refractivity (Wildman–Crippen MR) is 125 cm³/mol. The quantitative estimate of drug-likeness (QED) is 0.595. The van der Waals surface area contributed by atoms with E-state index in [2.05, 4.69) is 5.32 Å². The largest absolute Gasteiger partial charge is 0.452 e. The first-order valence-corrected chi connectivity index (χ1v) is 13.1. The molecular formula is C23H35N3O6S. The minimum absolute atomic E-state index is 0.00423. The van der Waals surface area contributed by atoms with Gasteiger partial charge in [-0.2, -0.15) is 0 Å². The Hall–Kier alpha value is -2.17. The number of rotatable bonds is 7. The summed E-state index contributed by atoms with van der Waals surface area (Å²) in [5.74, 6) is -1.06. The van der Waals surface area contributed by atoms with Crippen LogP contribution in [0.15, 0.2) is 23.1 Å². The molecule has 2 aliphatic rings. The summed E-state index contributed by atoms with van der Waals surface area (Å²) in [6.07, 6.45) is 7.64. The third-order valence-electron chi connectivity index (χ3n) is 6.12. The van der Waals surface area contributed by atoms with Gasteiger partial charge in [0.15, 0.2) is 6.61 Å². The number of morpholine rings is 1. The fourth-order valence-electron chi connectivity index (χ4n) is 4.21. The normalized spacial score (nSPS) is 18.5. The number of benzene rings is 1. The number of carbonyl (C=O) groups is 2. The van der Waals surface area contributed by atoms with Gasteiger partial charge in [-0.1, -0.05) is 32.1 Å². The van der Waals surface area contributed by atoms with E-state index in [0.717, 1.165) is 30.0 Å². The van der Waals surface area contributed by atoms with Gasteiger partial charge in [0, 0.05) is 33.2 Å². The van der Waals surface area contributed by atoms with Gasteiger partial charge in [0.2, 0.25) is 10.0 Å². The molecule has 0 bridgehead atoms. The molecule has 1 aromatic carbocycles. The highest BCUT2D eigenvalue weighted by molar-refractivity contribution is 7.89. The molecule has 1 N–H and O–H groups in total. The van der Waals surface area contributed by atoms with E-state index in [1.54, 1.807) is 6.07 Å². The standard InChI is InChI=1S/C23H35N3O6S/c1-25(2)33(29,30)19-10-11-21(26-12-14-31-15-13-26)20(16-19)23(28)32-17-22(27)24-18-8-6-4-3-5-7-9-18/h10-11,16,18H,3-9,12-15,17H2,1-2H3,(H,24,27). The molecular weight excluding hydrogens is 446 g/mol. The van der Waals surface area contributed by atoms with E-state index in [1.807, 2.05) is 4.90 Å². The van der Waals surface area contributed by atoms with Crippen molar-refractivity contribution in [3.8, 4) is 0 Å². The topological polar surface area (TPSA) is 105 Å². The molecule has 184 valence electrons. The van der Waals surface area contributed by atoms with Crippen molar-refractivity contribution >= 4 is 27.6 Å². The van der Waals surface area contributed by atoms with E-state index in [9.17, 15) is 18.0 Å². The second-order valence-electron chi connectivity index (χ2n) is 8.75. The molecule has 1 saturated heterocycles. The number of amides is 1. The first kappa shape index (κ1) is 25.5. The van der Waals surface area contributed by atoms with Crippen LogP contribution in [0, 0.1) is 0 Å². The van der Waals surface area contributed by atoms with Crippen molar-refractivity contribution < 1.29 is 27.5 Å². The van der Waals surface area contributed by atoms with Gasteiger partial charge < -0.3 is 19.7 Å². The minimum atomic E-state index is -3.73. The van der Waals surface area contributed by atoms with Crippen LogP contribution in [0.5, 0.6) is 0 Å². The lowest BCUT2D eigenvalue weighted by molar-refractivity contribution is -0.125. The minimum Gasteiger partial charge on any atom is -0.452 e. The SMILES string of the molecule is CN(C)S(=O)(=O)c1ccc(N2CCOCC2)c(C(=O)OCC(=O)NC2CCCCCCC2)c1. The van der Waals surface area contributed by atoms with E-state index in [0.29, 0.717) is 32.0 Å². The summed E-state index contributed by atoms with van der Waals surface area (Å²) >= 11 is 0. The Morgan fingerprint density at radius 1 is 1.09 bits per heavy atom. The van der Waals surface area contributed by atoms with Crippen molar-refractivity contribution in [1.29, 1.82) is 0 Å². The third-order valence-corrected chi connectivity index (χ3v) is 7.93. The van der Waals surface area contributed by atoms with E-state index in [4.69, 9.17) is 9.47 Å². The Morgan fingerprint density at radius 3 is 2.36 bits per heavy atom. The first-order valence-electron chi connectivity index (χ1n) is 11.6. The zero-order valence-electron chi connectivity index (χ0n) is 19.5. The molecule has 0 aromatic heterocycles. The van der Waals surface area contributed by atoms with Gasteiger partial charge in [0.1, 0.15) is 0 Å². The fraction of sp³-hybridized carbons (Fsp3) is 0.652. The first-order chi connectivity index (χ1) is 15.8. The van der Waals surface area contributed by atoms with E-state index in [-0.39, 0.29) is 22.4 Å². The van der Waals surface area contributed by atoms with Crippen LogP contribution in [-0.2, 0) is 24.3 Å². The Bertz CT molecular complexity index is 920. The smallest absolute Gasteiger partial charge is 0.340 e. The number of esters is 1. The van der Waals surface area contributed by atoms with Gasteiger partial charge in [0.25, 0.3) is 5.91 Å². The second-order valence-corrected chi connectivity index (χ2v) is 10.9. The number of nitrogens with zero attached hydrogens (tertiary/aromatic N) is 2. The molecule has 1 saturated carbocycles. The van der Waals surface area contributed by atoms with Gasteiger partial charge in [-0.25, -0.2) is 17.5 Å². The van der Waals surface area contributed by atoms with Crippen LogP contribution >= 0.6 is 0 Å². The van der Waals surface area contributed by atoms with E-state index < -0.39 is 22.6 Å². The van der Waals surface area contributed by atoms with Crippen LogP contribution in [-0.4, -0.2) is 77.6 Å². The lowest BCUT2D eigenvalue weighted by Gasteiger charge is -2.30. The number of nitrogens with one attached hydrogen (secondary N) is 1. The molecule has 2 fully saturated rings. The molecule has 0 spiro atoms. The number of hydrogen-bond acceptors (Lipinski definition) is 7. The second kappa shape index (κ2) is 11.8. The summed E-state index contributed by atoms with van der Waals surface area (Å²) in [4.78, 5) is 27.4. The summed E-state index contributed by atoms with van der Waals surface area (Å²) in [7, 11) is -0.867. The zero-order chi connectivity index (χ0) is 23.8. The maximum atomic E-state index is 13.0. The monoisotopic (exact) mass is 481 g/mol. The van der Waals surface area contributed by atoms with Crippen molar-refractivity contribution in [3.63, 3.8) is 0 Å². The zero-order valence-corrected chi connectivity index (χ0v) is 20.4. The highest BCUT2D eigenvalue weighted by atomic mass is 32.2. The summed E-state index contributed by atoms with van der Waals surface area (Å²) in [5.41, 5.74) is 0.694. The highest BCUT2D eigenvalue weighted by Gasteiger charge is 2.25. The summed E-state index contributed by atoms with van der Waals surface area (Å²) < 4.78 is 37.0. The molecule has 1 aliphatic heterocycles. The lowest BCUT2D eigenvalue weighted by atomic mass is 9.97. The maximum Gasteiger partial charge on any atom is 0.340 e. The maximum absolute atomic E-state index is 13.0. The Labute approximate surface area is 196 Å². The predicted octanol–water partition coefficient (Wildman–Crippen LogP) is 2.16. The number of sulfonamides is 1. The molecule has 33 heavy (non-hydrogen) atoms. The molecule has 1 aliphatic carbocycles. The Morgan fingerprint density at radius 2 is 1.73 bits per heavy atom. The van der Waals surface area contributed by atoms with Gasteiger partial charge in [-0.05, 0) is 31.0 Å². The number of anilines is 1. The van der Waals surface area contributed by atoms with Gasteiger partial charge >= 0.3 is 5.97 Å². The summed E-state index contributed by atoms with van der Waals surface area (Å²) in [6, 6.07) is 4.54. The average molecular weight is 482 g/mol. The van der Waals surface area contributed by atoms with E-state index in [1.165, 1.54) is 45.5 Å². The van der Waals surface area contributed by atoms with Crippen molar-refractivity contribution in [2.75, 3.05) is 51.9 Å². The number of carbonyl (C=O) groups excluding carboxylic acids is 2. The van der Waals surface area contributed by atoms with Gasteiger partial charge in [0.05, 0.1) is 29.4 Å². The van der Waals surface area contributed by atoms with Crippen molar-refractivity contribution in [2.24, 2.45) is 0 Å². The number of hydrogen-bond donors (Lipinski definition) is 1. The van der Waals surface area contributed by atoms with Crippen molar-refractivity contribution in [2.45, 2.75) is 55.9 Å². The van der Waals surface area contributed by atoms with Crippen molar-refractivity contribution in [1.82, 2.24) is 9.62 Å². The molecule has 10 heteroatoms. The van der Waals surface area contributed by atoms with E-state index >= 15 is 0 Å². The highest BCUT2D eigenvalue weighted by Crippen LogP contribution is 2.27. The molecule has 0 unspecified atom stereocenters. The molecule has 0 radical (unpaired) electrons. The van der Waals surface area contributed by atoms with Gasteiger partial charge in [-0.3, -0.25) is 4.79 Å². The fourth-order valence-corrected chi connectivity index (χ4v) is 5.14. The van der Waals surface area contributed by atoms with Crippen LogP contribution in [0.2, 0.25) is 0 Å². The van der Waals surface area contributed by atoms with Gasteiger partial charge in [-0.15, -0.1) is 0 Å². The average Bonchev–Trinajstić information content (AvgIpc) is 2.79. The third kappa shape index (κ3) is 6.91. The van der Waals surface area contributed by atoms with Crippen LogP contribution in [0.4, 0.5) is 5.69 Å². The molecule has 0 atom stereocenters. The van der Waals surface area contributed by atoms with Crippen LogP contribution in [0.25, 0.3) is 0 Å². The van der Waals surface area contributed by atoms with Crippen LogP contribution < -0.4 is 10.2 Å². The number of ether oxygens (including phenoxy) is 2. The molecule has 9 nitrogen and oxygen atoms in total. The summed E-state index contributed by atoms with van der Waals surface area (Å²) in [6.45, 7) is 1.76. The Kier molecular flexibility index (Phi) is 9.10. The Balaban J connectivity index is 1.72. The van der Waals surface area contributed by atoms with Crippen molar-refractivity contribution in [3.05, 3.63) is 23.8 Å². The molecule has 3 rings (SSSR count). The van der Waals surface area contributed by atoms with Crippen LogP contribution in [0.1, 0.15) is 55.3 Å². The molecule has 1 aromatic rings. The lowest BCUT2D eigenvalue weighted by Crippen LogP contribution is -2.39. The van der Waals surface area contributed by atoms with Crippen LogP contribution in [0.3, 0.4) is 0 Å². The summed E-state index contributed by atoms with van der Waals surface area (Å²) in [5, 5.41) is 2.98.